The maximum absolute atomic E-state index is 12.2. The summed E-state index contributed by atoms with van der Waals surface area (Å²) >= 11 is 0. The van der Waals surface area contributed by atoms with Gasteiger partial charge in [-0.3, -0.25) is 4.79 Å². The van der Waals surface area contributed by atoms with E-state index in [-0.39, 0.29) is 5.91 Å². The van der Waals surface area contributed by atoms with Crippen LogP contribution in [0.1, 0.15) is 19.3 Å². The third kappa shape index (κ3) is 1.97. The van der Waals surface area contributed by atoms with Gasteiger partial charge in [-0.1, -0.05) is 11.6 Å². The number of carbonyl (C=O) groups excluding carboxylic acids is 1. The first-order chi connectivity index (χ1) is 9.33. The summed E-state index contributed by atoms with van der Waals surface area (Å²) in [5, 5.41) is 3.05. The van der Waals surface area contributed by atoms with Crippen LogP contribution in [0, 0.1) is 11.8 Å². The van der Waals surface area contributed by atoms with Gasteiger partial charge in [-0.15, -0.1) is 0 Å². The Morgan fingerprint density at radius 1 is 1.42 bits per heavy atom. The Morgan fingerprint density at radius 2 is 2.26 bits per heavy atom. The maximum Gasteiger partial charge on any atom is 0.269 e. The van der Waals surface area contributed by atoms with Gasteiger partial charge in [-0.05, 0) is 25.2 Å². The van der Waals surface area contributed by atoms with Crippen molar-refractivity contribution in [2.24, 2.45) is 11.8 Å². The third-order valence-electron chi connectivity index (χ3n) is 4.61. The van der Waals surface area contributed by atoms with E-state index in [2.05, 4.69) is 22.2 Å². The van der Waals surface area contributed by atoms with Crippen LogP contribution in [0.4, 0.5) is 0 Å². The lowest BCUT2D eigenvalue weighted by molar-refractivity contribution is -0.118. The van der Waals surface area contributed by atoms with E-state index >= 15 is 0 Å². The molecule has 0 spiro atoms. The van der Waals surface area contributed by atoms with Crippen LogP contribution in [0.3, 0.4) is 0 Å². The lowest BCUT2D eigenvalue weighted by Crippen LogP contribution is -2.39. The van der Waals surface area contributed by atoms with Crippen LogP contribution in [-0.4, -0.2) is 31.7 Å². The summed E-state index contributed by atoms with van der Waals surface area (Å²) in [4.78, 5) is 12.2. The fraction of sp³-hybridized carbons (Fsp3) is 0.643. The van der Waals surface area contributed by atoms with Gasteiger partial charge in [-0.25, -0.2) is 5.43 Å². The second-order valence-electron chi connectivity index (χ2n) is 5.87. The Kier molecular flexibility index (Phi) is 2.63. The molecule has 5 heteroatoms. The molecule has 1 amide bonds. The Labute approximate surface area is 112 Å². The van der Waals surface area contributed by atoms with Crippen molar-refractivity contribution in [3.8, 4) is 0 Å². The van der Waals surface area contributed by atoms with Gasteiger partial charge >= 0.3 is 0 Å². The van der Waals surface area contributed by atoms with Gasteiger partial charge in [-0.2, -0.15) is 0 Å². The van der Waals surface area contributed by atoms with Gasteiger partial charge in [0.25, 0.3) is 5.91 Å². The lowest BCUT2D eigenvalue weighted by Gasteiger charge is -2.22. The number of amides is 1. The van der Waals surface area contributed by atoms with Gasteiger partial charge < -0.3 is 15.5 Å². The molecule has 2 atom stereocenters. The van der Waals surface area contributed by atoms with Crippen molar-refractivity contribution >= 4 is 5.91 Å². The molecular weight excluding hydrogens is 242 g/mol. The third-order valence-corrected chi connectivity index (χ3v) is 4.61. The average molecular weight is 261 g/mol. The molecule has 4 rings (SSSR count). The Balaban J connectivity index is 1.38. The molecule has 0 aromatic heterocycles. The van der Waals surface area contributed by atoms with Crippen LogP contribution in [0.2, 0.25) is 0 Å². The molecule has 102 valence electrons. The highest BCUT2D eigenvalue weighted by molar-refractivity contribution is 5.95. The van der Waals surface area contributed by atoms with E-state index in [1.54, 1.807) is 0 Å². The highest BCUT2D eigenvalue weighted by atomic mass is 16.5. The summed E-state index contributed by atoms with van der Waals surface area (Å²) in [5.41, 5.74) is 9.63. The van der Waals surface area contributed by atoms with Gasteiger partial charge in [0, 0.05) is 31.2 Å². The van der Waals surface area contributed by atoms with Crippen molar-refractivity contribution in [2.45, 2.75) is 25.3 Å². The fourth-order valence-corrected chi connectivity index (χ4v) is 3.29. The summed E-state index contributed by atoms with van der Waals surface area (Å²) in [6, 6.07) is 0.332. The topological polar surface area (TPSA) is 62.4 Å². The van der Waals surface area contributed by atoms with E-state index in [4.69, 9.17) is 4.74 Å². The zero-order valence-corrected chi connectivity index (χ0v) is 10.9. The van der Waals surface area contributed by atoms with Gasteiger partial charge in [0.2, 0.25) is 0 Å². The molecular formula is C14H19N3O2. The standard InChI is InChI=1S/C14H19N3O2/c18-14(15-7-8-1-3-19-4-2-8)13-11-6-9-5-10(9)12(11)16-17-13/h6,8,10,12,16-17H,1-5,7H2,(H,15,18). The quantitative estimate of drug-likeness (QED) is 0.680. The number of hydrazine groups is 1. The molecule has 2 heterocycles. The first-order valence-electron chi connectivity index (χ1n) is 7.15. The molecule has 0 aromatic rings. The summed E-state index contributed by atoms with van der Waals surface area (Å²) < 4.78 is 5.33. The van der Waals surface area contributed by atoms with Crippen molar-refractivity contribution in [2.75, 3.05) is 19.8 Å². The van der Waals surface area contributed by atoms with Crippen molar-refractivity contribution < 1.29 is 9.53 Å². The lowest BCUT2D eigenvalue weighted by atomic mass is 10.0. The summed E-state index contributed by atoms with van der Waals surface area (Å²) in [5.74, 6) is 1.22. The molecule has 0 aromatic carbocycles. The molecule has 4 aliphatic rings. The molecule has 2 fully saturated rings. The minimum Gasteiger partial charge on any atom is -0.381 e. The van der Waals surface area contributed by atoms with Crippen molar-refractivity contribution in [3.63, 3.8) is 0 Å². The fourth-order valence-electron chi connectivity index (χ4n) is 3.29. The molecule has 0 radical (unpaired) electrons. The Morgan fingerprint density at radius 3 is 3.11 bits per heavy atom. The first kappa shape index (κ1) is 11.5. The first-order valence-corrected chi connectivity index (χ1v) is 7.15. The molecule has 1 saturated carbocycles. The average Bonchev–Trinajstić information content (AvgIpc) is 2.93. The highest BCUT2D eigenvalue weighted by Gasteiger charge is 2.48. The van der Waals surface area contributed by atoms with E-state index in [1.165, 1.54) is 12.0 Å². The van der Waals surface area contributed by atoms with Gasteiger partial charge in [0.05, 0.1) is 6.04 Å². The molecule has 3 N–H and O–H groups in total. The van der Waals surface area contributed by atoms with E-state index in [0.717, 1.165) is 43.9 Å². The zero-order valence-electron chi connectivity index (χ0n) is 10.9. The number of ether oxygens (including phenoxy) is 1. The molecule has 5 nitrogen and oxygen atoms in total. The Bertz CT molecular complexity index is 477. The van der Waals surface area contributed by atoms with Crippen molar-refractivity contribution in [3.05, 3.63) is 22.9 Å². The minimum absolute atomic E-state index is 0.0228. The van der Waals surface area contributed by atoms with Crippen LogP contribution in [0.5, 0.6) is 0 Å². The summed E-state index contributed by atoms with van der Waals surface area (Å²) in [6.07, 6.45) is 5.48. The predicted octanol–water partition coefficient (Wildman–Crippen LogP) is 0.220. The monoisotopic (exact) mass is 261 g/mol. The van der Waals surface area contributed by atoms with Crippen LogP contribution in [0.25, 0.3) is 0 Å². The van der Waals surface area contributed by atoms with Crippen LogP contribution >= 0.6 is 0 Å². The highest BCUT2D eigenvalue weighted by Crippen LogP contribution is 2.50. The number of rotatable bonds is 3. The van der Waals surface area contributed by atoms with E-state index in [9.17, 15) is 4.79 Å². The number of hydrogen-bond donors (Lipinski definition) is 3. The number of hydrogen-bond acceptors (Lipinski definition) is 4. The minimum atomic E-state index is 0.0228. The smallest absolute Gasteiger partial charge is 0.269 e. The van der Waals surface area contributed by atoms with Crippen molar-refractivity contribution in [1.82, 2.24) is 16.2 Å². The van der Waals surface area contributed by atoms with Gasteiger partial charge in [0.1, 0.15) is 5.70 Å². The molecule has 2 aliphatic carbocycles. The molecule has 0 bridgehead atoms. The van der Waals surface area contributed by atoms with E-state index < -0.39 is 0 Å². The SMILES string of the molecule is O=C(NCC1CCOCC1)C1=C2C=C3CC3C2NN1. The predicted molar refractivity (Wildman–Crippen MR) is 69.8 cm³/mol. The van der Waals surface area contributed by atoms with Crippen LogP contribution in [-0.2, 0) is 9.53 Å². The second-order valence-corrected chi connectivity index (χ2v) is 5.87. The van der Waals surface area contributed by atoms with E-state index in [0.29, 0.717) is 17.9 Å². The van der Waals surface area contributed by atoms with Crippen LogP contribution in [0.15, 0.2) is 22.9 Å². The molecule has 19 heavy (non-hydrogen) atoms. The van der Waals surface area contributed by atoms with Crippen LogP contribution < -0.4 is 16.2 Å². The second kappa shape index (κ2) is 4.35. The Hall–Kier alpha value is -1.33. The summed E-state index contributed by atoms with van der Waals surface area (Å²) in [6.45, 7) is 2.40. The molecule has 2 aliphatic heterocycles. The normalized spacial score (nSPS) is 32.5. The largest absolute Gasteiger partial charge is 0.381 e. The number of nitrogens with one attached hydrogen (secondary N) is 3. The maximum atomic E-state index is 12.2. The summed E-state index contributed by atoms with van der Waals surface area (Å²) in [7, 11) is 0. The van der Waals surface area contributed by atoms with Crippen molar-refractivity contribution in [1.29, 1.82) is 0 Å². The molecule has 2 unspecified atom stereocenters. The van der Waals surface area contributed by atoms with E-state index in [1.807, 2.05) is 0 Å². The zero-order chi connectivity index (χ0) is 12.8. The molecule has 1 saturated heterocycles. The number of fused-ring (bicyclic) bond motifs is 3. The number of carbonyl (C=O) groups is 1. The van der Waals surface area contributed by atoms with Gasteiger partial charge in [0.15, 0.2) is 0 Å².